The number of amides is 2. The smallest absolute Gasteiger partial charge is 0.271 e. The van der Waals surface area contributed by atoms with E-state index in [1.165, 1.54) is 0 Å². The van der Waals surface area contributed by atoms with E-state index in [9.17, 15) is 9.59 Å². The van der Waals surface area contributed by atoms with Crippen LogP contribution in [0.4, 0.5) is 0 Å². The first-order valence-corrected chi connectivity index (χ1v) is 11.4. The molecule has 8 nitrogen and oxygen atoms in total. The standard InChI is InChI=1S/C25H27N5O3/c31-24(27-16-18-5-4-10-26-15-18)21-17-29-11-12-30(25(32)20-8-13-33-14-9-20)22(23(29)28-21)19-6-2-1-3-7-19/h1-7,10,15,17,20,22H,8-9,11-14,16H2,(H,27,31). The maximum absolute atomic E-state index is 13.5. The Bertz CT molecular complexity index is 1110. The van der Waals surface area contributed by atoms with E-state index in [0.717, 1.165) is 29.8 Å². The molecule has 0 aliphatic carbocycles. The number of hydrogen-bond donors (Lipinski definition) is 1. The van der Waals surface area contributed by atoms with Crippen molar-refractivity contribution < 1.29 is 14.3 Å². The monoisotopic (exact) mass is 445 g/mol. The van der Waals surface area contributed by atoms with Crippen LogP contribution in [0, 0.1) is 5.92 Å². The summed E-state index contributed by atoms with van der Waals surface area (Å²) in [6, 6.07) is 13.4. The first kappa shape index (κ1) is 21.3. The Hall–Kier alpha value is -3.52. The van der Waals surface area contributed by atoms with Gasteiger partial charge in [-0.1, -0.05) is 36.4 Å². The fourth-order valence-corrected chi connectivity index (χ4v) is 4.58. The predicted molar refractivity (Wildman–Crippen MR) is 121 cm³/mol. The summed E-state index contributed by atoms with van der Waals surface area (Å²) in [6.07, 6.45) is 6.70. The molecule has 0 spiro atoms. The van der Waals surface area contributed by atoms with Gasteiger partial charge in [0, 0.05) is 57.4 Å². The molecule has 0 saturated carbocycles. The molecule has 1 N–H and O–H groups in total. The van der Waals surface area contributed by atoms with Gasteiger partial charge < -0.3 is 19.5 Å². The largest absolute Gasteiger partial charge is 0.381 e. The van der Waals surface area contributed by atoms with Crippen LogP contribution in [0.15, 0.2) is 61.1 Å². The normalized spacial score (nSPS) is 18.5. The highest BCUT2D eigenvalue weighted by atomic mass is 16.5. The molecule has 5 rings (SSSR count). The Morgan fingerprint density at radius 1 is 1.06 bits per heavy atom. The van der Waals surface area contributed by atoms with Gasteiger partial charge in [-0.05, 0) is 30.0 Å². The Labute approximate surface area is 192 Å². The molecular formula is C25H27N5O3. The van der Waals surface area contributed by atoms with Gasteiger partial charge in [0.25, 0.3) is 5.91 Å². The van der Waals surface area contributed by atoms with Crippen molar-refractivity contribution in [3.05, 3.63) is 83.7 Å². The topological polar surface area (TPSA) is 89.4 Å². The van der Waals surface area contributed by atoms with Gasteiger partial charge in [-0.3, -0.25) is 14.6 Å². The molecule has 170 valence electrons. The summed E-state index contributed by atoms with van der Waals surface area (Å²) in [6.45, 7) is 2.81. The molecule has 33 heavy (non-hydrogen) atoms. The van der Waals surface area contributed by atoms with Gasteiger partial charge >= 0.3 is 0 Å². The number of pyridine rings is 1. The Balaban J connectivity index is 1.41. The number of aromatic nitrogens is 3. The SMILES string of the molecule is O=C(NCc1cccnc1)c1cn2c(n1)C(c1ccccc1)N(C(=O)C1CCOCC1)CC2. The molecule has 8 heteroatoms. The minimum absolute atomic E-state index is 0.0336. The third kappa shape index (κ3) is 4.52. The zero-order valence-electron chi connectivity index (χ0n) is 18.4. The average molecular weight is 446 g/mol. The third-order valence-electron chi connectivity index (χ3n) is 6.32. The zero-order valence-corrected chi connectivity index (χ0v) is 18.4. The lowest BCUT2D eigenvalue weighted by Crippen LogP contribution is -2.46. The minimum atomic E-state index is -0.324. The number of imidazole rings is 1. The van der Waals surface area contributed by atoms with E-state index in [2.05, 4.69) is 10.3 Å². The van der Waals surface area contributed by atoms with E-state index in [0.29, 0.717) is 38.5 Å². The summed E-state index contributed by atoms with van der Waals surface area (Å²) in [4.78, 5) is 37.1. The van der Waals surface area contributed by atoms with Crippen LogP contribution in [0.5, 0.6) is 0 Å². The van der Waals surface area contributed by atoms with Crippen LogP contribution in [0.3, 0.4) is 0 Å². The van der Waals surface area contributed by atoms with Crippen molar-refractivity contribution in [1.29, 1.82) is 0 Å². The summed E-state index contributed by atoms with van der Waals surface area (Å²) in [5.74, 6) is 0.590. The lowest BCUT2D eigenvalue weighted by molar-refractivity contribution is -0.141. The van der Waals surface area contributed by atoms with Crippen LogP contribution in [-0.4, -0.2) is 51.0 Å². The highest BCUT2D eigenvalue weighted by Crippen LogP contribution is 2.34. The Morgan fingerprint density at radius 2 is 1.88 bits per heavy atom. The number of benzene rings is 1. The maximum atomic E-state index is 13.5. The van der Waals surface area contributed by atoms with Crippen molar-refractivity contribution in [1.82, 2.24) is 24.8 Å². The lowest BCUT2D eigenvalue weighted by Gasteiger charge is -2.38. The van der Waals surface area contributed by atoms with E-state index in [-0.39, 0.29) is 23.8 Å². The fourth-order valence-electron chi connectivity index (χ4n) is 4.58. The molecule has 2 amide bonds. The van der Waals surface area contributed by atoms with E-state index in [1.807, 2.05) is 51.9 Å². The van der Waals surface area contributed by atoms with Crippen LogP contribution in [-0.2, 0) is 22.6 Å². The third-order valence-corrected chi connectivity index (χ3v) is 6.32. The molecule has 1 atom stereocenters. The molecule has 2 aromatic heterocycles. The van der Waals surface area contributed by atoms with E-state index in [1.54, 1.807) is 18.6 Å². The van der Waals surface area contributed by atoms with Gasteiger partial charge in [0.1, 0.15) is 17.6 Å². The van der Waals surface area contributed by atoms with Crippen LogP contribution in [0.25, 0.3) is 0 Å². The van der Waals surface area contributed by atoms with Gasteiger partial charge in [0.15, 0.2) is 0 Å². The van der Waals surface area contributed by atoms with E-state index >= 15 is 0 Å². The maximum Gasteiger partial charge on any atom is 0.271 e. The van der Waals surface area contributed by atoms with Crippen molar-refractivity contribution in [3.63, 3.8) is 0 Å². The van der Waals surface area contributed by atoms with Crippen LogP contribution in [0.1, 0.15) is 46.3 Å². The summed E-state index contributed by atoms with van der Waals surface area (Å²) in [7, 11) is 0. The van der Waals surface area contributed by atoms with Crippen molar-refractivity contribution in [2.45, 2.75) is 32.0 Å². The molecule has 1 fully saturated rings. The molecule has 1 saturated heterocycles. The van der Waals surface area contributed by atoms with Crippen molar-refractivity contribution in [2.24, 2.45) is 5.92 Å². The van der Waals surface area contributed by atoms with Crippen molar-refractivity contribution >= 4 is 11.8 Å². The van der Waals surface area contributed by atoms with Crippen LogP contribution in [0.2, 0.25) is 0 Å². The number of nitrogens with zero attached hydrogens (tertiary/aromatic N) is 4. The highest BCUT2D eigenvalue weighted by Gasteiger charge is 2.37. The summed E-state index contributed by atoms with van der Waals surface area (Å²) < 4.78 is 7.46. The number of hydrogen-bond acceptors (Lipinski definition) is 5. The molecule has 0 bridgehead atoms. The number of carbonyl (C=O) groups is 2. The minimum Gasteiger partial charge on any atom is -0.381 e. The Morgan fingerprint density at radius 3 is 2.64 bits per heavy atom. The molecule has 3 aromatic rings. The first-order valence-electron chi connectivity index (χ1n) is 11.4. The second-order valence-electron chi connectivity index (χ2n) is 8.45. The number of nitrogens with one attached hydrogen (secondary N) is 1. The summed E-state index contributed by atoms with van der Waals surface area (Å²) >= 11 is 0. The van der Waals surface area contributed by atoms with Crippen LogP contribution >= 0.6 is 0 Å². The highest BCUT2D eigenvalue weighted by molar-refractivity contribution is 5.92. The molecule has 1 aromatic carbocycles. The Kier molecular flexibility index (Phi) is 6.17. The van der Waals surface area contributed by atoms with E-state index in [4.69, 9.17) is 9.72 Å². The van der Waals surface area contributed by atoms with Gasteiger partial charge in [-0.2, -0.15) is 0 Å². The molecule has 4 heterocycles. The van der Waals surface area contributed by atoms with Gasteiger partial charge in [-0.25, -0.2) is 4.98 Å². The zero-order chi connectivity index (χ0) is 22.6. The van der Waals surface area contributed by atoms with E-state index < -0.39 is 0 Å². The summed E-state index contributed by atoms with van der Waals surface area (Å²) in [5, 5.41) is 2.92. The quantitative estimate of drug-likeness (QED) is 0.652. The number of fused-ring (bicyclic) bond motifs is 1. The number of ether oxygens (including phenoxy) is 1. The molecule has 2 aliphatic rings. The second-order valence-corrected chi connectivity index (χ2v) is 8.45. The average Bonchev–Trinajstić information content (AvgIpc) is 3.32. The molecule has 1 unspecified atom stereocenters. The van der Waals surface area contributed by atoms with Crippen LogP contribution < -0.4 is 5.32 Å². The molecule has 0 radical (unpaired) electrons. The van der Waals surface area contributed by atoms with Gasteiger partial charge in [0.05, 0.1) is 0 Å². The molecular weight excluding hydrogens is 418 g/mol. The summed E-state index contributed by atoms with van der Waals surface area (Å²) in [5.41, 5.74) is 2.27. The van der Waals surface area contributed by atoms with Gasteiger partial charge in [-0.15, -0.1) is 0 Å². The lowest BCUT2D eigenvalue weighted by atomic mass is 9.95. The first-order chi connectivity index (χ1) is 16.2. The number of rotatable bonds is 5. The number of carbonyl (C=O) groups excluding carboxylic acids is 2. The van der Waals surface area contributed by atoms with Crippen molar-refractivity contribution in [3.8, 4) is 0 Å². The predicted octanol–water partition coefficient (Wildman–Crippen LogP) is 2.57. The van der Waals surface area contributed by atoms with Gasteiger partial charge in [0.2, 0.25) is 5.91 Å². The van der Waals surface area contributed by atoms with Crippen molar-refractivity contribution in [2.75, 3.05) is 19.8 Å². The molecule has 2 aliphatic heterocycles. The fraction of sp³-hybridized carbons (Fsp3) is 0.360. The second kappa shape index (κ2) is 9.54.